The quantitative estimate of drug-likeness (QED) is 0.467. The van der Waals surface area contributed by atoms with E-state index in [1.54, 1.807) is 23.0 Å². The van der Waals surface area contributed by atoms with Crippen molar-refractivity contribution >= 4 is 52.3 Å². The molecule has 1 fully saturated rings. The summed E-state index contributed by atoms with van der Waals surface area (Å²) >= 11 is 13.6. The van der Waals surface area contributed by atoms with Crippen LogP contribution in [-0.2, 0) is 11.3 Å². The molecule has 29 heavy (non-hydrogen) atoms. The number of hydrogen-bond donors (Lipinski definition) is 1. The molecule has 0 atom stereocenters. The molecular formula is C20H15Cl2N5OS. The number of carbonyl (C=O) groups is 1. The number of amidine groups is 1. The van der Waals surface area contributed by atoms with Gasteiger partial charge in [0.15, 0.2) is 5.17 Å². The van der Waals surface area contributed by atoms with Crippen LogP contribution in [0.5, 0.6) is 0 Å². The second-order valence-electron chi connectivity index (χ2n) is 6.22. The van der Waals surface area contributed by atoms with Crippen molar-refractivity contribution < 1.29 is 4.79 Å². The number of carbonyl (C=O) groups excluding carboxylic acids is 1. The fourth-order valence-corrected chi connectivity index (χ4v) is 3.88. The van der Waals surface area contributed by atoms with Gasteiger partial charge in [-0.15, -0.1) is 5.10 Å². The first-order valence-electron chi connectivity index (χ1n) is 8.69. The van der Waals surface area contributed by atoms with E-state index in [1.807, 2.05) is 42.6 Å². The summed E-state index contributed by atoms with van der Waals surface area (Å²) < 4.78 is 1.80. The van der Waals surface area contributed by atoms with E-state index in [-0.39, 0.29) is 5.91 Å². The minimum atomic E-state index is -0.0680. The van der Waals surface area contributed by atoms with Crippen LogP contribution in [0.15, 0.2) is 64.9 Å². The van der Waals surface area contributed by atoms with Crippen LogP contribution in [0, 0.1) is 0 Å². The van der Waals surface area contributed by atoms with Crippen molar-refractivity contribution in [1.82, 2.24) is 15.1 Å². The Kier molecular flexibility index (Phi) is 5.99. The molecule has 6 nitrogen and oxygen atoms in total. The molecule has 3 aromatic rings. The molecule has 2 heterocycles. The first-order chi connectivity index (χ1) is 14.1. The largest absolute Gasteiger partial charge is 0.303 e. The first kappa shape index (κ1) is 19.7. The molecule has 1 aliphatic heterocycles. The summed E-state index contributed by atoms with van der Waals surface area (Å²) in [6.45, 7) is 0.490. The molecule has 1 aromatic heterocycles. The molecule has 1 saturated heterocycles. The molecule has 0 spiro atoms. The van der Waals surface area contributed by atoms with Crippen molar-refractivity contribution in [3.05, 3.63) is 75.9 Å². The molecule has 4 rings (SSSR count). The van der Waals surface area contributed by atoms with Crippen LogP contribution in [-0.4, -0.2) is 32.8 Å². The second kappa shape index (κ2) is 8.82. The average Bonchev–Trinajstić information content (AvgIpc) is 3.31. The summed E-state index contributed by atoms with van der Waals surface area (Å²) in [6, 6.07) is 15.2. The number of nitrogens with one attached hydrogen (secondary N) is 1. The summed E-state index contributed by atoms with van der Waals surface area (Å²) in [7, 11) is 0. The van der Waals surface area contributed by atoms with Crippen LogP contribution >= 0.6 is 35.0 Å². The molecule has 0 unspecified atom stereocenters. The van der Waals surface area contributed by atoms with Gasteiger partial charge < -0.3 is 5.32 Å². The Morgan fingerprint density at radius 3 is 2.76 bits per heavy atom. The number of rotatable bonds is 5. The minimum absolute atomic E-state index is 0.0680. The van der Waals surface area contributed by atoms with Gasteiger partial charge in [0.25, 0.3) is 0 Å². The molecule has 9 heteroatoms. The highest BCUT2D eigenvalue weighted by Crippen LogP contribution is 2.24. The molecule has 0 aliphatic carbocycles. The second-order valence-corrected chi connectivity index (χ2v) is 8.03. The predicted octanol–water partition coefficient (Wildman–Crippen LogP) is 4.46. The highest BCUT2D eigenvalue weighted by Gasteiger charge is 2.16. The third-order valence-corrected chi connectivity index (χ3v) is 5.57. The fourth-order valence-electron chi connectivity index (χ4n) is 2.78. The lowest BCUT2D eigenvalue weighted by Gasteiger charge is -2.05. The molecule has 0 bridgehead atoms. The van der Waals surface area contributed by atoms with Crippen LogP contribution in [0.25, 0.3) is 11.3 Å². The third kappa shape index (κ3) is 4.87. The van der Waals surface area contributed by atoms with E-state index in [1.165, 1.54) is 11.8 Å². The summed E-state index contributed by atoms with van der Waals surface area (Å²) in [5.41, 5.74) is 3.46. The van der Waals surface area contributed by atoms with Crippen molar-refractivity contribution in [1.29, 1.82) is 0 Å². The number of hydrogen-bond acceptors (Lipinski definition) is 5. The number of nitrogens with zero attached hydrogens (tertiary/aromatic N) is 4. The van der Waals surface area contributed by atoms with E-state index in [4.69, 9.17) is 28.3 Å². The SMILES string of the molecule is O=C1CS/C(=N/N=Cc2cn(Cc3ccc(Cl)cc3Cl)nc2-c2ccccc2)N1. The van der Waals surface area contributed by atoms with Crippen LogP contribution in [0.2, 0.25) is 10.0 Å². The maximum atomic E-state index is 11.3. The van der Waals surface area contributed by atoms with E-state index in [2.05, 4.69) is 15.5 Å². The highest BCUT2D eigenvalue weighted by molar-refractivity contribution is 8.15. The van der Waals surface area contributed by atoms with Gasteiger partial charge in [0.1, 0.15) is 5.69 Å². The van der Waals surface area contributed by atoms with Gasteiger partial charge in [-0.05, 0) is 17.7 Å². The summed E-state index contributed by atoms with van der Waals surface area (Å²) in [4.78, 5) is 11.3. The Labute approximate surface area is 181 Å². The van der Waals surface area contributed by atoms with Gasteiger partial charge in [0.05, 0.1) is 18.5 Å². The van der Waals surface area contributed by atoms with Crippen molar-refractivity contribution in [3.8, 4) is 11.3 Å². The van der Waals surface area contributed by atoms with Crippen LogP contribution < -0.4 is 5.32 Å². The van der Waals surface area contributed by atoms with Gasteiger partial charge in [-0.3, -0.25) is 9.48 Å². The minimum Gasteiger partial charge on any atom is -0.303 e. The van der Waals surface area contributed by atoms with Gasteiger partial charge >= 0.3 is 0 Å². The third-order valence-electron chi connectivity index (χ3n) is 4.12. The molecule has 0 saturated carbocycles. The Morgan fingerprint density at radius 2 is 2.03 bits per heavy atom. The topological polar surface area (TPSA) is 71.6 Å². The Hall–Kier alpha value is -2.61. The Balaban J connectivity index is 1.64. The van der Waals surface area contributed by atoms with Gasteiger partial charge in [-0.1, -0.05) is 71.4 Å². The number of amides is 1. The summed E-state index contributed by atoms with van der Waals surface area (Å²) in [5, 5.41) is 17.2. The summed E-state index contributed by atoms with van der Waals surface area (Å²) in [5.74, 6) is 0.297. The van der Waals surface area contributed by atoms with Gasteiger partial charge in [0, 0.05) is 27.4 Å². The maximum Gasteiger partial charge on any atom is 0.236 e. The zero-order valence-electron chi connectivity index (χ0n) is 15.0. The average molecular weight is 444 g/mol. The first-order valence-corrected chi connectivity index (χ1v) is 10.4. The number of benzene rings is 2. The van der Waals surface area contributed by atoms with Crippen molar-refractivity contribution in [2.45, 2.75) is 6.54 Å². The molecule has 0 radical (unpaired) electrons. The molecule has 1 aliphatic rings. The monoisotopic (exact) mass is 443 g/mol. The molecular weight excluding hydrogens is 429 g/mol. The van der Waals surface area contributed by atoms with E-state index in [0.717, 1.165) is 22.4 Å². The molecule has 1 N–H and O–H groups in total. The van der Waals surface area contributed by atoms with Crippen molar-refractivity contribution in [3.63, 3.8) is 0 Å². The van der Waals surface area contributed by atoms with Crippen LogP contribution in [0.1, 0.15) is 11.1 Å². The standard InChI is InChI=1S/C20H15Cl2N5OS/c21-16-7-6-14(17(22)8-16)10-27-11-15(9-23-25-20-24-18(28)12-29-20)19(26-27)13-4-2-1-3-5-13/h1-9,11H,10,12H2,(H,24,25,28). The zero-order valence-corrected chi connectivity index (χ0v) is 17.4. The number of aromatic nitrogens is 2. The van der Waals surface area contributed by atoms with Crippen molar-refractivity contribution in [2.24, 2.45) is 10.2 Å². The summed E-state index contributed by atoms with van der Waals surface area (Å²) in [6.07, 6.45) is 3.52. The molecule has 2 aromatic carbocycles. The van der Waals surface area contributed by atoms with E-state index >= 15 is 0 Å². The van der Waals surface area contributed by atoms with Gasteiger partial charge in [-0.2, -0.15) is 10.2 Å². The molecule has 146 valence electrons. The van der Waals surface area contributed by atoms with Crippen LogP contribution in [0.4, 0.5) is 0 Å². The highest BCUT2D eigenvalue weighted by atomic mass is 35.5. The van der Waals surface area contributed by atoms with Crippen molar-refractivity contribution in [2.75, 3.05) is 5.75 Å². The van der Waals surface area contributed by atoms with E-state index in [9.17, 15) is 4.79 Å². The van der Waals surface area contributed by atoms with Gasteiger partial charge in [0.2, 0.25) is 5.91 Å². The zero-order chi connectivity index (χ0) is 20.2. The smallest absolute Gasteiger partial charge is 0.236 e. The van der Waals surface area contributed by atoms with Crippen LogP contribution in [0.3, 0.4) is 0 Å². The number of halogens is 2. The maximum absolute atomic E-state index is 11.3. The van der Waals surface area contributed by atoms with E-state index in [0.29, 0.717) is 27.5 Å². The lowest BCUT2D eigenvalue weighted by atomic mass is 10.1. The fraction of sp³-hybridized carbons (Fsp3) is 0.100. The lowest BCUT2D eigenvalue weighted by molar-refractivity contribution is -0.116. The number of thioether (sulfide) groups is 1. The predicted molar refractivity (Wildman–Crippen MR) is 119 cm³/mol. The molecule has 1 amide bonds. The lowest BCUT2D eigenvalue weighted by Crippen LogP contribution is -2.19. The Bertz CT molecular complexity index is 1110. The van der Waals surface area contributed by atoms with E-state index < -0.39 is 0 Å². The normalized spacial score (nSPS) is 15.4. The Morgan fingerprint density at radius 1 is 1.21 bits per heavy atom. The van der Waals surface area contributed by atoms with Gasteiger partial charge in [-0.25, -0.2) is 0 Å².